The molecule has 0 radical (unpaired) electrons. The van der Waals surface area contributed by atoms with Crippen molar-refractivity contribution >= 4 is 27.8 Å². The number of rotatable bonds is 8. The summed E-state index contributed by atoms with van der Waals surface area (Å²) in [5.74, 6) is 2.00. The Balaban J connectivity index is 0.000000826. The average molecular weight is 545 g/mol. The maximum atomic E-state index is 12.8. The van der Waals surface area contributed by atoms with Gasteiger partial charge >= 0.3 is 5.69 Å². The fourth-order valence-corrected chi connectivity index (χ4v) is 5.32. The molecule has 0 saturated heterocycles. The van der Waals surface area contributed by atoms with Crippen molar-refractivity contribution < 1.29 is 4.74 Å². The van der Waals surface area contributed by atoms with E-state index >= 15 is 0 Å². The molecule has 8 heteroatoms. The standard InChI is InChI=1S/C27H26N4O3S.C4H10/c1-4-12-30(13-5-2)23-14-17(3)25-24(34-23)20(16-35-25)18-10-11-28-22(15-18)31-21-9-7-6-8-19(21)26(32)29-27(31)33;1-3-4-2/h6-11,14-16H,3-5,12-13H2,1-2H3,(H,29,32,33);3-4H2,1-2H3. The molecule has 0 unspecified atom stereocenters. The van der Waals surface area contributed by atoms with E-state index < -0.39 is 11.2 Å². The first-order valence-corrected chi connectivity index (χ1v) is 14.5. The number of benzene rings is 1. The van der Waals surface area contributed by atoms with Crippen molar-refractivity contribution in [1.29, 1.82) is 0 Å². The van der Waals surface area contributed by atoms with Gasteiger partial charge in [-0.1, -0.05) is 59.2 Å². The lowest BCUT2D eigenvalue weighted by Crippen LogP contribution is -2.29. The largest absolute Gasteiger partial charge is 0.439 e. The van der Waals surface area contributed by atoms with E-state index in [1.165, 1.54) is 17.4 Å². The molecule has 0 bridgehead atoms. The smallest absolute Gasteiger partial charge is 0.334 e. The van der Waals surface area contributed by atoms with Gasteiger partial charge in [-0.05, 0) is 48.2 Å². The van der Waals surface area contributed by atoms with Gasteiger partial charge in [0.2, 0.25) is 0 Å². The maximum Gasteiger partial charge on any atom is 0.334 e. The predicted octanol–water partition coefficient (Wildman–Crippen LogP) is 6.98. The first kappa shape index (κ1) is 28.1. The highest BCUT2D eigenvalue weighted by molar-refractivity contribution is 7.12. The van der Waals surface area contributed by atoms with Crippen molar-refractivity contribution in [3.63, 3.8) is 0 Å². The van der Waals surface area contributed by atoms with Crippen LogP contribution >= 0.6 is 11.3 Å². The first-order chi connectivity index (χ1) is 18.9. The summed E-state index contributed by atoms with van der Waals surface area (Å²) in [6.07, 6.45) is 8.35. The van der Waals surface area contributed by atoms with E-state index in [1.54, 1.807) is 41.8 Å². The minimum atomic E-state index is -0.532. The number of hydrogen-bond acceptors (Lipinski definition) is 6. The minimum absolute atomic E-state index is 0.417. The second kappa shape index (κ2) is 12.8. The number of ether oxygens (including phenoxy) is 1. The molecule has 4 heterocycles. The van der Waals surface area contributed by atoms with Crippen LogP contribution in [0.5, 0.6) is 5.75 Å². The van der Waals surface area contributed by atoms with E-state index in [2.05, 4.69) is 49.1 Å². The van der Waals surface area contributed by atoms with Crippen molar-refractivity contribution in [2.24, 2.45) is 0 Å². The van der Waals surface area contributed by atoms with Gasteiger partial charge in [0.1, 0.15) is 5.82 Å². The number of aromatic nitrogens is 3. The van der Waals surface area contributed by atoms with E-state index in [9.17, 15) is 9.59 Å². The lowest BCUT2D eigenvalue weighted by Gasteiger charge is -2.29. The van der Waals surface area contributed by atoms with Gasteiger partial charge in [-0.2, -0.15) is 0 Å². The summed E-state index contributed by atoms with van der Waals surface area (Å²) in [5, 5.41) is 2.47. The molecule has 3 aromatic heterocycles. The fourth-order valence-electron chi connectivity index (χ4n) is 4.37. The highest BCUT2D eigenvalue weighted by atomic mass is 32.1. The number of H-pyrrole nitrogens is 1. The Labute approximate surface area is 233 Å². The zero-order valence-corrected chi connectivity index (χ0v) is 23.9. The Kier molecular flexibility index (Phi) is 9.19. The van der Waals surface area contributed by atoms with Crippen molar-refractivity contribution in [2.45, 2.75) is 53.4 Å². The van der Waals surface area contributed by atoms with Crippen LogP contribution in [0.2, 0.25) is 0 Å². The topological polar surface area (TPSA) is 80.2 Å². The van der Waals surface area contributed by atoms with Gasteiger partial charge in [-0.25, -0.2) is 14.3 Å². The Morgan fingerprint density at radius 1 is 1.03 bits per heavy atom. The normalized spacial score (nSPS) is 12.3. The molecule has 7 nitrogen and oxygen atoms in total. The molecule has 1 N–H and O–H groups in total. The van der Waals surface area contributed by atoms with Crippen LogP contribution in [0, 0.1) is 0 Å². The van der Waals surface area contributed by atoms with Crippen molar-refractivity contribution in [1.82, 2.24) is 19.4 Å². The molecular formula is C31H36N4O3S. The summed E-state index contributed by atoms with van der Waals surface area (Å²) in [7, 11) is 0. The van der Waals surface area contributed by atoms with Crippen LogP contribution in [0.4, 0.5) is 0 Å². The SMILES string of the molecule is C=C1C=C(N(CCC)CCC)Oc2c(-c3ccnc(-n4c(=O)[nH]c(=O)c5ccccc54)c3)csc21.CCCC. The molecule has 0 aliphatic carbocycles. The highest BCUT2D eigenvalue weighted by Gasteiger charge is 2.25. The fraction of sp³-hybridized carbons (Fsp3) is 0.323. The van der Waals surface area contributed by atoms with Gasteiger partial charge in [-0.3, -0.25) is 9.78 Å². The van der Waals surface area contributed by atoms with Gasteiger partial charge in [0.25, 0.3) is 5.56 Å². The summed E-state index contributed by atoms with van der Waals surface area (Å²) >= 11 is 1.58. The van der Waals surface area contributed by atoms with Crippen LogP contribution in [0.1, 0.15) is 58.3 Å². The van der Waals surface area contributed by atoms with Crippen LogP contribution in [0.3, 0.4) is 0 Å². The highest BCUT2D eigenvalue weighted by Crippen LogP contribution is 2.46. The third-order valence-electron chi connectivity index (χ3n) is 6.44. The molecule has 1 aliphatic heterocycles. The molecule has 0 saturated carbocycles. The number of nitrogens with one attached hydrogen (secondary N) is 1. The molecule has 0 atom stereocenters. The number of pyridine rings is 1. The third kappa shape index (κ3) is 5.91. The Morgan fingerprint density at radius 3 is 2.44 bits per heavy atom. The Bertz CT molecular complexity index is 1600. The number of fused-ring (bicyclic) bond motifs is 2. The summed E-state index contributed by atoms with van der Waals surface area (Å²) in [6, 6.07) is 10.7. The van der Waals surface area contributed by atoms with E-state index in [0.717, 1.165) is 59.1 Å². The predicted molar refractivity (Wildman–Crippen MR) is 162 cm³/mol. The van der Waals surface area contributed by atoms with Crippen LogP contribution in [0.25, 0.3) is 33.4 Å². The third-order valence-corrected chi connectivity index (χ3v) is 7.48. The lowest BCUT2D eigenvalue weighted by atomic mass is 10.1. The first-order valence-electron chi connectivity index (χ1n) is 13.6. The van der Waals surface area contributed by atoms with E-state index in [1.807, 2.05) is 23.6 Å². The monoisotopic (exact) mass is 544 g/mol. The van der Waals surface area contributed by atoms with Crippen LogP contribution < -0.4 is 16.0 Å². The Morgan fingerprint density at radius 2 is 1.74 bits per heavy atom. The number of allylic oxidation sites excluding steroid dienone is 2. The summed E-state index contributed by atoms with van der Waals surface area (Å²) < 4.78 is 7.88. The molecule has 39 heavy (non-hydrogen) atoms. The minimum Gasteiger partial charge on any atom is -0.439 e. The van der Waals surface area contributed by atoms with E-state index in [4.69, 9.17) is 4.74 Å². The van der Waals surface area contributed by atoms with Crippen molar-refractivity contribution in [3.8, 4) is 22.7 Å². The van der Waals surface area contributed by atoms with Gasteiger partial charge in [0.05, 0.1) is 15.8 Å². The number of nitrogens with zero attached hydrogens (tertiary/aromatic N) is 3. The molecule has 0 spiro atoms. The van der Waals surface area contributed by atoms with Gasteiger partial charge in [-0.15, -0.1) is 11.3 Å². The Hall–Kier alpha value is -3.91. The number of para-hydroxylation sites is 1. The van der Waals surface area contributed by atoms with Gasteiger partial charge < -0.3 is 9.64 Å². The zero-order chi connectivity index (χ0) is 27.9. The lowest BCUT2D eigenvalue weighted by molar-refractivity contribution is 0.214. The van der Waals surface area contributed by atoms with Crippen molar-refractivity contribution in [2.75, 3.05) is 13.1 Å². The molecule has 0 amide bonds. The molecule has 1 aromatic carbocycles. The van der Waals surface area contributed by atoms with Gasteiger partial charge in [0.15, 0.2) is 11.6 Å². The van der Waals surface area contributed by atoms with Crippen LogP contribution in [-0.2, 0) is 0 Å². The number of hydrogen-bond donors (Lipinski definition) is 1. The molecule has 5 rings (SSSR count). The second-order valence-corrected chi connectivity index (χ2v) is 10.3. The zero-order valence-electron chi connectivity index (χ0n) is 23.1. The van der Waals surface area contributed by atoms with E-state index in [0.29, 0.717) is 16.7 Å². The average Bonchev–Trinajstić information content (AvgIpc) is 3.38. The summed E-state index contributed by atoms with van der Waals surface area (Å²) in [5.41, 5.74) is 2.25. The molecule has 204 valence electrons. The molecule has 1 aliphatic rings. The number of aromatic amines is 1. The van der Waals surface area contributed by atoms with Crippen LogP contribution in [0.15, 0.2) is 76.1 Å². The number of thiophene rings is 1. The summed E-state index contributed by atoms with van der Waals surface area (Å²) in [6.45, 7) is 14.8. The molecule has 4 aromatic rings. The van der Waals surface area contributed by atoms with E-state index in [-0.39, 0.29) is 0 Å². The van der Waals surface area contributed by atoms with Crippen molar-refractivity contribution in [3.05, 3.63) is 92.2 Å². The quantitative estimate of drug-likeness (QED) is 0.259. The molecular weight excluding hydrogens is 508 g/mol. The second-order valence-electron chi connectivity index (χ2n) is 9.42. The molecule has 0 fully saturated rings. The van der Waals surface area contributed by atoms with Crippen LogP contribution in [-0.4, -0.2) is 32.5 Å². The van der Waals surface area contributed by atoms with Gasteiger partial charge in [0, 0.05) is 36.3 Å². The maximum absolute atomic E-state index is 12.8. The summed E-state index contributed by atoms with van der Waals surface area (Å²) in [4.78, 5) is 35.2. The number of unbranched alkanes of at least 4 members (excludes halogenated alkanes) is 1.